The second-order valence-electron chi connectivity index (χ2n) is 7.26. The SMILES string of the molecule is O=C(C1CSCN1C(=O)c1ccc(CSc2ccc(Cl)cc2)cc1)N1CCCC1. The quantitative estimate of drug-likeness (QED) is 0.620. The maximum absolute atomic E-state index is 13.0. The third-order valence-electron chi connectivity index (χ3n) is 5.27. The van der Waals surface area contributed by atoms with E-state index in [4.69, 9.17) is 11.6 Å². The molecule has 4 nitrogen and oxygen atoms in total. The van der Waals surface area contributed by atoms with Gasteiger partial charge in [-0.25, -0.2) is 0 Å². The van der Waals surface area contributed by atoms with Gasteiger partial charge >= 0.3 is 0 Å². The number of nitrogens with zero attached hydrogens (tertiary/aromatic N) is 2. The van der Waals surface area contributed by atoms with Crippen LogP contribution in [0.15, 0.2) is 53.4 Å². The second kappa shape index (κ2) is 9.45. The van der Waals surface area contributed by atoms with E-state index in [1.54, 1.807) is 28.4 Å². The van der Waals surface area contributed by atoms with E-state index in [-0.39, 0.29) is 17.9 Å². The fourth-order valence-electron chi connectivity index (χ4n) is 3.60. The van der Waals surface area contributed by atoms with Gasteiger partial charge in [-0.05, 0) is 54.8 Å². The van der Waals surface area contributed by atoms with Crippen LogP contribution in [0.3, 0.4) is 0 Å². The van der Waals surface area contributed by atoms with Crippen molar-refractivity contribution in [3.8, 4) is 0 Å². The molecule has 0 aromatic heterocycles. The average Bonchev–Trinajstić information content (AvgIpc) is 3.45. The number of carbonyl (C=O) groups excluding carboxylic acids is 2. The van der Waals surface area contributed by atoms with Crippen LogP contribution in [0.1, 0.15) is 28.8 Å². The summed E-state index contributed by atoms with van der Waals surface area (Å²) in [6.07, 6.45) is 2.13. The fraction of sp³-hybridized carbons (Fsp3) is 0.364. The Balaban J connectivity index is 1.38. The third kappa shape index (κ3) is 4.93. The molecule has 2 fully saturated rings. The molecular weight excluding hydrogens is 424 g/mol. The van der Waals surface area contributed by atoms with Crippen molar-refractivity contribution in [2.75, 3.05) is 24.7 Å². The van der Waals surface area contributed by atoms with Crippen LogP contribution in [0, 0.1) is 0 Å². The van der Waals surface area contributed by atoms with Crippen molar-refractivity contribution in [2.45, 2.75) is 29.5 Å². The van der Waals surface area contributed by atoms with Crippen LogP contribution in [0.25, 0.3) is 0 Å². The molecule has 0 N–H and O–H groups in total. The Kier molecular flexibility index (Phi) is 6.73. The van der Waals surface area contributed by atoms with Crippen molar-refractivity contribution < 1.29 is 9.59 Å². The van der Waals surface area contributed by atoms with Gasteiger partial charge in [0, 0.05) is 40.1 Å². The fourth-order valence-corrected chi connectivity index (χ4v) is 5.73. The van der Waals surface area contributed by atoms with E-state index in [1.165, 1.54) is 0 Å². The van der Waals surface area contributed by atoms with Crippen molar-refractivity contribution in [3.05, 3.63) is 64.7 Å². The van der Waals surface area contributed by atoms with E-state index in [2.05, 4.69) is 0 Å². The molecule has 7 heteroatoms. The van der Waals surface area contributed by atoms with Gasteiger partial charge in [-0.15, -0.1) is 23.5 Å². The number of hydrogen-bond acceptors (Lipinski definition) is 4. The molecular formula is C22H23ClN2O2S2. The number of thioether (sulfide) groups is 2. The van der Waals surface area contributed by atoms with Gasteiger partial charge in [0.05, 0.1) is 5.88 Å². The molecule has 2 aliphatic heterocycles. The number of carbonyl (C=O) groups is 2. The first kappa shape index (κ1) is 20.6. The Hall–Kier alpha value is -1.63. The lowest BCUT2D eigenvalue weighted by Crippen LogP contribution is -2.48. The largest absolute Gasteiger partial charge is 0.341 e. The van der Waals surface area contributed by atoms with E-state index in [9.17, 15) is 9.59 Å². The first-order valence-electron chi connectivity index (χ1n) is 9.76. The summed E-state index contributed by atoms with van der Waals surface area (Å²) >= 11 is 9.31. The molecule has 4 rings (SSSR count). The van der Waals surface area contributed by atoms with Crippen molar-refractivity contribution in [3.63, 3.8) is 0 Å². The summed E-state index contributed by atoms with van der Waals surface area (Å²) in [6, 6.07) is 15.2. The molecule has 0 spiro atoms. The zero-order chi connectivity index (χ0) is 20.2. The molecule has 1 atom stereocenters. The normalized spacial score (nSPS) is 19.0. The number of likely N-dealkylation sites (tertiary alicyclic amines) is 1. The molecule has 1 unspecified atom stereocenters. The maximum Gasteiger partial charge on any atom is 0.255 e. The summed E-state index contributed by atoms with van der Waals surface area (Å²) in [4.78, 5) is 30.6. The predicted octanol–water partition coefficient (Wildman–Crippen LogP) is 4.77. The first-order valence-corrected chi connectivity index (χ1v) is 12.3. The van der Waals surface area contributed by atoms with Crippen molar-refractivity contribution in [2.24, 2.45) is 0 Å². The smallest absolute Gasteiger partial charge is 0.255 e. The lowest BCUT2D eigenvalue weighted by Gasteiger charge is -2.27. The minimum Gasteiger partial charge on any atom is -0.341 e. The highest BCUT2D eigenvalue weighted by atomic mass is 35.5. The molecule has 0 saturated carbocycles. The van der Waals surface area contributed by atoms with E-state index in [1.807, 2.05) is 53.4 Å². The van der Waals surface area contributed by atoms with Crippen LogP contribution in [-0.2, 0) is 10.5 Å². The topological polar surface area (TPSA) is 40.6 Å². The number of benzene rings is 2. The highest BCUT2D eigenvalue weighted by Gasteiger charge is 2.37. The van der Waals surface area contributed by atoms with Crippen molar-refractivity contribution >= 4 is 46.9 Å². The van der Waals surface area contributed by atoms with Crippen LogP contribution in [0.2, 0.25) is 5.02 Å². The molecule has 0 radical (unpaired) electrons. The minimum atomic E-state index is -0.328. The molecule has 29 heavy (non-hydrogen) atoms. The maximum atomic E-state index is 13.0. The molecule has 0 aliphatic carbocycles. The van der Waals surface area contributed by atoms with Crippen LogP contribution in [-0.4, -0.2) is 52.4 Å². The predicted molar refractivity (Wildman–Crippen MR) is 121 cm³/mol. The van der Waals surface area contributed by atoms with Crippen LogP contribution < -0.4 is 0 Å². The zero-order valence-corrected chi connectivity index (χ0v) is 18.4. The van der Waals surface area contributed by atoms with Gasteiger partial charge in [0.2, 0.25) is 5.91 Å². The van der Waals surface area contributed by atoms with Crippen molar-refractivity contribution in [1.29, 1.82) is 0 Å². The lowest BCUT2D eigenvalue weighted by atomic mass is 10.1. The Bertz CT molecular complexity index is 867. The molecule has 2 heterocycles. The highest BCUT2D eigenvalue weighted by molar-refractivity contribution is 7.99. The summed E-state index contributed by atoms with van der Waals surface area (Å²) < 4.78 is 0. The molecule has 2 aliphatic rings. The van der Waals surface area contributed by atoms with Gasteiger partial charge in [0.15, 0.2) is 0 Å². The highest BCUT2D eigenvalue weighted by Crippen LogP contribution is 2.27. The Morgan fingerprint density at radius 2 is 1.72 bits per heavy atom. The Labute approximate surface area is 185 Å². The number of rotatable bonds is 5. The average molecular weight is 447 g/mol. The zero-order valence-electron chi connectivity index (χ0n) is 16.1. The second-order valence-corrected chi connectivity index (χ2v) is 9.75. The van der Waals surface area contributed by atoms with E-state index in [0.29, 0.717) is 17.2 Å². The molecule has 2 saturated heterocycles. The van der Waals surface area contributed by atoms with Gasteiger partial charge in [-0.2, -0.15) is 0 Å². The number of hydrogen-bond donors (Lipinski definition) is 0. The van der Waals surface area contributed by atoms with Gasteiger partial charge < -0.3 is 9.80 Å². The first-order chi connectivity index (χ1) is 14.1. The summed E-state index contributed by atoms with van der Waals surface area (Å²) in [5.74, 6) is 2.15. The van der Waals surface area contributed by atoms with Crippen molar-refractivity contribution in [1.82, 2.24) is 9.80 Å². The summed E-state index contributed by atoms with van der Waals surface area (Å²) in [6.45, 7) is 1.64. The monoisotopic (exact) mass is 446 g/mol. The summed E-state index contributed by atoms with van der Waals surface area (Å²) in [5.41, 5.74) is 1.80. The van der Waals surface area contributed by atoms with Gasteiger partial charge in [0.25, 0.3) is 5.91 Å². The molecule has 152 valence electrons. The minimum absolute atomic E-state index is 0.0514. The summed E-state index contributed by atoms with van der Waals surface area (Å²) in [5, 5.41) is 0.735. The standard InChI is InChI=1S/C22H23ClN2O2S2/c23-18-7-9-19(10-8-18)29-13-16-3-5-17(6-4-16)21(26)25-15-28-14-20(25)22(27)24-11-1-2-12-24/h3-10,20H,1-2,11-15H2. The summed E-state index contributed by atoms with van der Waals surface area (Å²) in [7, 11) is 0. The molecule has 2 aromatic carbocycles. The van der Waals surface area contributed by atoms with Gasteiger partial charge in [0.1, 0.15) is 6.04 Å². The lowest BCUT2D eigenvalue weighted by molar-refractivity contribution is -0.133. The van der Waals surface area contributed by atoms with E-state index < -0.39 is 0 Å². The van der Waals surface area contributed by atoms with Crippen LogP contribution in [0.4, 0.5) is 0 Å². The van der Waals surface area contributed by atoms with Crippen LogP contribution in [0.5, 0.6) is 0 Å². The number of amides is 2. The molecule has 2 amide bonds. The van der Waals surface area contributed by atoms with Gasteiger partial charge in [-0.3, -0.25) is 9.59 Å². The van der Waals surface area contributed by atoms with Crippen LogP contribution >= 0.6 is 35.1 Å². The molecule has 0 bridgehead atoms. The number of halogens is 1. The van der Waals surface area contributed by atoms with E-state index in [0.717, 1.165) is 47.2 Å². The molecule has 2 aromatic rings. The third-order valence-corrected chi connectivity index (χ3v) is 7.61. The Morgan fingerprint density at radius 3 is 2.41 bits per heavy atom. The Morgan fingerprint density at radius 1 is 1.03 bits per heavy atom. The van der Waals surface area contributed by atoms with E-state index >= 15 is 0 Å². The van der Waals surface area contributed by atoms with Gasteiger partial charge in [-0.1, -0.05) is 23.7 Å².